The maximum atomic E-state index is 9.07. The zero-order valence-electron chi connectivity index (χ0n) is 46.6. The molecule has 9 aromatic carbocycles. The first-order valence-electron chi connectivity index (χ1n) is 27.1. The van der Waals surface area contributed by atoms with E-state index >= 15 is 0 Å². The Balaban J connectivity index is 0.00000637. The van der Waals surface area contributed by atoms with Crippen molar-refractivity contribution >= 4 is 52.4 Å². The van der Waals surface area contributed by atoms with Crippen LogP contribution in [-0.2, 0) is 21.1 Å². The summed E-state index contributed by atoms with van der Waals surface area (Å²) in [6.45, 7) is 0. The predicted octanol–water partition coefficient (Wildman–Crippen LogP) is 14.0. The summed E-state index contributed by atoms with van der Waals surface area (Å²) in [5.41, 5.74) is 5.70. The summed E-state index contributed by atoms with van der Waals surface area (Å²) < 4.78 is 104. The number of hydrogen-bond donors (Lipinski definition) is 0. The predicted molar refractivity (Wildman–Crippen MR) is 275 cm³/mol. The molecule has 0 saturated heterocycles. The van der Waals surface area contributed by atoms with E-state index in [9.17, 15) is 0 Å². The van der Waals surface area contributed by atoms with Crippen molar-refractivity contribution in [3.63, 3.8) is 0 Å². The minimum absolute atomic E-state index is 0. The molecule has 2 aliphatic rings. The van der Waals surface area contributed by atoms with E-state index in [-0.39, 0.29) is 49.0 Å². The largest absolute Gasteiger partial charge is 0.510 e. The fourth-order valence-corrected chi connectivity index (χ4v) is 9.16. The van der Waals surface area contributed by atoms with Crippen LogP contribution in [0, 0.1) is 18.5 Å². The normalized spacial score (nSPS) is 14.5. The van der Waals surface area contributed by atoms with E-state index < -0.39 is 67.5 Å². The van der Waals surface area contributed by atoms with Gasteiger partial charge in [0.25, 0.3) is 6.33 Å². The van der Waals surface area contributed by atoms with Gasteiger partial charge in [-0.1, -0.05) is 163 Å². The van der Waals surface area contributed by atoms with Gasteiger partial charge in [-0.05, 0) is 76.5 Å². The molecular weight excluding hydrogens is 1040 g/mol. The first-order valence-corrected chi connectivity index (χ1v) is 22.1. The summed E-state index contributed by atoms with van der Waals surface area (Å²) in [4.78, 5) is 11.5. The van der Waals surface area contributed by atoms with E-state index in [0.29, 0.717) is 51.2 Å². The number of benzene rings is 9. The molecule has 0 unspecified atom stereocenters. The smallest absolute Gasteiger partial charge is 0.507 e. The number of para-hydroxylation sites is 8. The third kappa shape index (κ3) is 7.39. The van der Waals surface area contributed by atoms with Crippen LogP contribution >= 0.6 is 0 Å². The van der Waals surface area contributed by atoms with Crippen molar-refractivity contribution < 1.29 is 48.8 Å². The van der Waals surface area contributed by atoms with E-state index in [1.54, 1.807) is 57.8 Å². The van der Waals surface area contributed by atoms with Crippen LogP contribution in [0.2, 0.25) is 0 Å². The topological polar surface area (TPSA) is 49.9 Å². The minimum Gasteiger partial charge on any atom is -0.510 e. The number of hydrogen-bond acceptors (Lipinski definition) is 6. The van der Waals surface area contributed by atoms with Gasteiger partial charge in [-0.25, -0.2) is 4.98 Å². The monoisotopic (exact) mass is 1090 g/mol. The summed E-state index contributed by atoms with van der Waals surface area (Å²) in [7, 11) is -0.573. The zero-order valence-corrected chi connectivity index (χ0v) is 38.9. The first kappa shape index (κ1) is 33.0. The average molecular weight is 1090 g/mol. The van der Waals surface area contributed by atoms with E-state index in [4.69, 9.17) is 28.2 Å². The van der Waals surface area contributed by atoms with Crippen molar-refractivity contribution in [3.05, 3.63) is 255 Å². The van der Waals surface area contributed by atoms with E-state index in [1.165, 1.54) is 0 Å². The van der Waals surface area contributed by atoms with Crippen LogP contribution in [0.25, 0.3) is 44.7 Å². The number of anilines is 6. The number of imidazole rings is 1. The second-order valence-electron chi connectivity index (χ2n) is 16.0. The molecule has 0 spiro atoms. The van der Waals surface area contributed by atoms with Crippen molar-refractivity contribution in [2.75, 3.05) is 14.4 Å². The molecule has 0 atom stereocenters. The maximum absolute atomic E-state index is 9.07. The molecule has 0 radical (unpaired) electrons. The number of rotatable bonds is 8. The zero-order chi connectivity index (χ0) is 54.4. The SMILES string of the molecule is [2H]c1c([2H])c([2H])c(-c2cccc(-c3c([2H])c([2H])c([2H])c([2H])c3[2H])c2-[n+]2[c-]n(-c3[c-]c(Oc4[c-]c5c(cc4)N4B(N5c5ccccn5)N(c5ccccc5)c5ccccc5Oc5ccccc54)ccc3)c3ccccc32)c([2H])c1[2H].[Pt]. The van der Waals surface area contributed by atoms with Crippen LogP contribution in [0.5, 0.6) is 23.0 Å². The third-order valence-corrected chi connectivity index (χ3v) is 12.0. The number of aromatic nitrogens is 3. The van der Waals surface area contributed by atoms with Crippen molar-refractivity contribution in [1.29, 1.82) is 0 Å². The van der Waals surface area contributed by atoms with E-state index in [2.05, 4.69) is 45.0 Å². The van der Waals surface area contributed by atoms with Crippen LogP contribution in [0.1, 0.15) is 13.7 Å². The number of pyridine rings is 1. The Morgan fingerprint density at radius 2 is 1.17 bits per heavy atom. The summed E-state index contributed by atoms with van der Waals surface area (Å²) in [5.74, 6) is 2.67. The molecule has 336 valence electrons. The van der Waals surface area contributed by atoms with Gasteiger partial charge in [0.1, 0.15) is 17.3 Å². The van der Waals surface area contributed by atoms with Crippen LogP contribution in [0.3, 0.4) is 0 Å². The summed E-state index contributed by atoms with van der Waals surface area (Å²) in [6.07, 6.45) is 5.18. The molecule has 4 heterocycles. The molecule has 13 rings (SSSR count). The molecule has 0 amide bonds. The van der Waals surface area contributed by atoms with E-state index in [0.717, 1.165) is 22.7 Å². The van der Waals surface area contributed by atoms with Gasteiger partial charge in [0.2, 0.25) is 0 Å². The van der Waals surface area contributed by atoms with Gasteiger partial charge in [-0.15, -0.1) is 30.3 Å². The molecule has 0 N–H and O–H groups in total. The first-order chi connectivity index (χ1) is 38.4. The van der Waals surface area contributed by atoms with Crippen molar-refractivity contribution in [2.24, 2.45) is 0 Å². The van der Waals surface area contributed by atoms with Gasteiger partial charge < -0.3 is 28.5 Å². The average Bonchev–Trinajstić information content (AvgIpc) is 4.15. The van der Waals surface area contributed by atoms with Crippen molar-refractivity contribution in [3.8, 4) is 56.6 Å². The van der Waals surface area contributed by atoms with E-state index in [1.807, 2.05) is 115 Å². The Morgan fingerprint density at radius 1 is 0.543 bits per heavy atom. The molecule has 11 aromatic rings. The molecule has 0 saturated carbocycles. The van der Waals surface area contributed by atoms with Crippen LogP contribution in [-0.4, -0.2) is 16.7 Å². The molecule has 0 bridgehead atoms. The van der Waals surface area contributed by atoms with Crippen molar-refractivity contribution in [1.82, 2.24) is 9.55 Å². The summed E-state index contributed by atoms with van der Waals surface area (Å²) >= 11 is 0. The fourth-order valence-electron chi connectivity index (χ4n) is 9.16. The Bertz CT molecular complexity index is 4150. The van der Waals surface area contributed by atoms with Crippen LogP contribution in [0.15, 0.2) is 236 Å². The Morgan fingerprint density at radius 3 is 1.89 bits per heavy atom. The van der Waals surface area contributed by atoms with Crippen LogP contribution in [0.4, 0.5) is 34.3 Å². The Hall–Kier alpha value is -8.65. The van der Waals surface area contributed by atoms with Gasteiger partial charge in [-0.3, -0.25) is 4.57 Å². The van der Waals surface area contributed by atoms with Gasteiger partial charge in [-0.2, -0.15) is 12.1 Å². The van der Waals surface area contributed by atoms with Crippen LogP contribution < -0.4 is 28.5 Å². The molecule has 0 aliphatic carbocycles. The van der Waals surface area contributed by atoms with Gasteiger partial charge >= 0.3 is 7.12 Å². The number of ether oxygens (including phenoxy) is 2. The molecule has 8 nitrogen and oxygen atoms in total. The standard InChI is InChI=1S/C60H39BN6O2.Pt/c1-4-20-43(21-5-1)49-28-19-29-50(44-22-6-2-7-23-44)60(49)64-42-63(51-30-10-11-31-52(51)64)46-26-18-27-47(40-46)68-48-37-38-53-56(41-48)67(59-36-16-17-39-62-59)61-65(45-24-8-3-9-25-45)54-32-12-14-34-57(54)69-58-35-15-13-33-55(58)66(53)61;/h1-39H;/q-2;/i1D,2D,4D,5D,6D,7D,20D,21D,22D,23D;. The fraction of sp³-hybridized carbons (Fsp3) is 0. The van der Waals surface area contributed by atoms with Gasteiger partial charge in [0.05, 0.1) is 41.8 Å². The molecule has 0 fully saturated rings. The molecular formula is C60H39BN6O2Pt-2. The quantitative estimate of drug-likeness (QED) is 0.0859. The maximum Gasteiger partial charge on any atom is 0.507 e. The Labute approximate surface area is 435 Å². The van der Waals surface area contributed by atoms with Crippen molar-refractivity contribution in [2.45, 2.75) is 0 Å². The molecule has 2 aromatic heterocycles. The second-order valence-corrected chi connectivity index (χ2v) is 16.0. The van der Waals surface area contributed by atoms with Gasteiger partial charge in [0.15, 0.2) is 0 Å². The third-order valence-electron chi connectivity index (χ3n) is 12.0. The summed E-state index contributed by atoms with van der Waals surface area (Å²) in [5, 5.41) is 0. The van der Waals surface area contributed by atoms with Gasteiger partial charge in [0, 0.05) is 44.4 Å². The second kappa shape index (κ2) is 18.1. The minimum atomic E-state index is -0.582. The number of fused-ring (bicyclic) bond motifs is 7. The summed E-state index contributed by atoms with van der Waals surface area (Å²) in [6, 6.07) is 54.7. The Kier molecular flexibility index (Phi) is 8.52. The molecule has 10 heteroatoms. The molecule has 70 heavy (non-hydrogen) atoms. The number of nitrogens with zero attached hydrogens (tertiary/aromatic N) is 6. The molecule has 2 aliphatic heterocycles.